The van der Waals surface area contributed by atoms with Gasteiger partial charge in [0.15, 0.2) is 0 Å². The third-order valence-electron chi connectivity index (χ3n) is 10.1. The Balaban J connectivity index is 1.53. The van der Waals surface area contributed by atoms with Crippen LogP contribution in [0.15, 0.2) is 12.2 Å². The molecule has 1 heterocycles. The number of rotatable bonds is 1. The summed E-state index contributed by atoms with van der Waals surface area (Å²) in [5, 5.41) is 12.4. The summed E-state index contributed by atoms with van der Waals surface area (Å²) in [7, 11) is 0. The lowest BCUT2D eigenvalue weighted by molar-refractivity contribution is -0.185. The fourth-order valence-electron chi connectivity index (χ4n) is 8.36. The molecule has 0 aromatic heterocycles. The van der Waals surface area contributed by atoms with Crippen LogP contribution in [-0.4, -0.2) is 33.6 Å². The van der Waals surface area contributed by atoms with Gasteiger partial charge in [-0.05, 0) is 95.3 Å². The number of allylic oxidation sites excluding steroid dienone is 1. The van der Waals surface area contributed by atoms with Gasteiger partial charge in [-0.25, -0.2) is 0 Å². The molecule has 164 valence electrons. The highest BCUT2D eigenvalue weighted by Crippen LogP contribution is 2.73. The van der Waals surface area contributed by atoms with E-state index in [9.17, 15) is 5.11 Å². The maximum absolute atomic E-state index is 12.4. The molecule has 1 N–H and O–H groups in total. The summed E-state index contributed by atoms with van der Waals surface area (Å²) in [6.45, 7) is 15.9. The molecule has 0 radical (unpaired) electrons. The molecule has 3 heteroatoms. The van der Waals surface area contributed by atoms with Crippen molar-refractivity contribution in [3.63, 3.8) is 0 Å². The Morgan fingerprint density at radius 1 is 1.03 bits per heavy atom. The van der Waals surface area contributed by atoms with Gasteiger partial charge in [-0.3, -0.25) is 0 Å². The number of aliphatic hydroxyl groups is 1. The Kier molecular flexibility index (Phi) is 4.17. The fraction of sp³-hybridized carbons (Fsp3) is 0.923. The Morgan fingerprint density at radius 2 is 1.76 bits per heavy atom. The Labute approximate surface area is 177 Å². The fourth-order valence-corrected chi connectivity index (χ4v) is 8.36. The van der Waals surface area contributed by atoms with Gasteiger partial charge in [0, 0.05) is 5.92 Å². The molecule has 0 unspecified atom stereocenters. The number of epoxide rings is 1. The zero-order chi connectivity index (χ0) is 21.0. The molecular formula is C26H42O3. The Hall–Kier alpha value is -0.380. The zero-order valence-electron chi connectivity index (χ0n) is 19.6. The van der Waals surface area contributed by atoms with E-state index in [2.05, 4.69) is 60.6 Å². The average Bonchev–Trinajstić information content (AvgIpc) is 2.95. The molecule has 0 aromatic carbocycles. The van der Waals surface area contributed by atoms with Gasteiger partial charge < -0.3 is 14.6 Å². The number of hydrogen-bond donors (Lipinski definition) is 1. The van der Waals surface area contributed by atoms with Crippen LogP contribution in [0.2, 0.25) is 0 Å². The van der Waals surface area contributed by atoms with E-state index in [-0.39, 0.29) is 22.5 Å². The second kappa shape index (κ2) is 5.90. The summed E-state index contributed by atoms with van der Waals surface area (Å²) in [4.78, 5) is 0. The Bertz CT molecular complexity index is 724. The van der Waals surface area contributed by atoms with Gasteiger partial charge in [-0.2, -0.15) is 0 Å². The molecule has 3 nitrogen and oxygen atoms in total. The first-order chi connectivity index (χ1) is 13.4. The molecule has 5 rings (SSSR count). The lowest BCUT2D eigenvalue weighted by Gasteiger charge is -2.56. The summed E-state index contributed by atoms with van der Waals surface area (Å²) < 4.78 is 13.3. The first kappa shape index (κ1) is 20.5. The Morgan fingerprint density at radius 3 is 2.45 bits per heavy atom. The molecule has 0 bridgehead atoms. The van der Waals surface area contributed by atoms with Gasteiger partial charge in [0.1, 0.15) is 11.2 Å². The SMILES string of the molecule is C[C@@H]1/C=C\[C@@H]2[C@H](C)CC[C@@]23O[C@@]3(C)[C@]2(O)C[C@@H]3CC[C@H](OC(C)(C)C)[C@@]3(C)C[C@@H]12. The molecule has 10 atom stereocenters. The van der Waals surface area contributed by atoms with Crippen molar-refractivity contribution in [1.82, 2.24) is 0 Å². The van der Waals surface area contributed by atoms with Crippen LogP contribution in [0, 0.1) is 35.0 Å². The molecular weight excluding hydrogens is 360 g/mol. The van der Waals surface area contributed by atoms with Crippen LogP contribution in [0.4, 0.5) is 0 Å². The summed E-state index contributed by atoms with van der Waals surface area (Å²) >= 11 is 0. The molecule has 1 spiro atoms. The first-order valence-corrected chi connectivity index (χ1v) is 12.1. The van der Waals surface area contributed by atoms with E-state index in [4.69, 9.17) is 9.47 Å². The molecule has 3 saturated carbocycles. The highest BCUT2D eigenvalue weighted by molar-refractivity contribution is 5.34. The molecule has 0 aromatic rings. The largest absolute Gasteiger partial charge is 0.386 e. The smallest absolute Gasteiger partial charge is 0.125 e. The summed E-state index contributed by atoms with van der Waals surface area (Å²) in [6, 6.07) is 0. The van der Waals surface area contributed by atoms with Gasteiger partial charge in [0.2, 0.25) is 0 Å². The lowest BCUT2D eigenvalue weighted by atomic mass is 9.51. The monoisotopic (exact) mass is 402 g/mol. The van der Waals surface area contributed by atoms with E-state index in [1.807, 2.05) is 0 Å². The van der Waals surface area contributed by atoms with E-state index in [1.165, 1.54) is 12.8 Å². The van der Waals surface area contributed by atoms with Crippen LogP contribution in [0.3, 0.4) is 0 Å². The molecule has 5 aliphatic rings. The molecule has 1 saturated heterocycles. The van der Waals surface area contributed by atoms with E-state index < -0.39 is 11.2 Å². The highest BCUT2D eigenvalue weighted by Gasteiger charge is 2.82. The minimum absolute atomic E-state index is 0.119. The normalized spacial score (nSPS) is 59.7. The predicted molar refractivity (Wildman–Crippen MR) is 116 cm³/mol. The predicted octanol–water partition coefficient (Wildman–Crippen LogP) is 5.51. The maximum Gasteiger partial charge on any atom is 0.125 e. The van der Waals surface area contributed by atoms with E-state index in [0.717, 1.165) is 25.7 Å². The summed E-state index contributed by atoms with van der Waals surface area (Å²) in [6.07, 6.45) is 11.7. The van der Waals surface area contributed by atoms with Crippen molar-refractivity contribution in [2.24, 2.45) is 35.0 Å². The zero-order valence-corrected chi connectivity index (χ0v) is 19.6. The van der Waals surface area contributed by atoms with Crippen LogP contribution in [0.1, 0.15) is 87.0 Å². The first-order valence-electron chi connectivity index (χ1n) is 12.1. The molecule has 1 aliphatic heterocycles. The van der Waals surface area contributed by atoms with Gasteiger partial charge >= 0.3 is 0 Å². The minimum Gasteiger partial charge on any atom is -0.386 e. The molecule has 4 fully saturated rings. The van der Waals surface area contributed by atoms with Crippen molar-refractivity contribution < 1.29 is 14.6 Å². The summed E-state index contributed by atoms with van der Waals surface area (Å²) in [5.74, 6) is 2.20. The van der Waals surface area contributed by atoms with Crippen molar-refractivity contribution in [3.05, 3.63) is 12.2 Å². The van der Waals surface area contributed by atoms with Crippen molar-refractivity contribution in [1.29, 1.82) is 0 Å². The van der Waals surface area contributed by atoms with Crippen molar-refractivity contribution >= 4 is 0 Å². The van der Waals surface area contributed by atoms with Gasteiger partial charge in [0.05, 0.1) is 17.3 Å². The topological polar surface area (TPSA) is 42.0 Å². The van der Waals surface area contributed by atoms with Gasteiger partial charge in [-0.1, -0.05) is 32.9 Å². The van der Waals surface area contributed by atoms with E-state index in [0.29, 0.717) is 29.8 Å². The second-order valence-corrected chi connectivity index (χ2v) is 12.7. The van der Waals surface area contributed by atoms with Crippen molar-refractivity contribution in [3.8, 4) is 0 Å². The van der Waals surface area contributed by atoms with Crippen LogP contribution in [0.25, 0.3) is 0 Å². The van der Waals surface area contributed by atoms with Crippen LogP contribution >= 0.6 is 0 Å². The van der Waals surface area contributed by atoms with Crippen LogP contribution < -0.4 is 0 Å². The summed E-state index contributed by atoms with van der Waals surface area (Å²) in [5.41, 5.74) is -1.24. The van der Waals surface area contributed by atoms with Crippen molar-refractivity contribution in [2.45, 2.75) is 115 Å². The standard InChI is InChI=1S/C26H42O3/c1-16-8-10-19-17(2)12-13-26(19)24(7,29-26)25(27)14-18-9-11-21(28-22(3,4)5)23(18,6)15-20(16)25/h8,10,16-21,27H,9,11-15H2,1-7H3/b10-8-/t16-,17-,18+,19-,20+,21+,23+,24+,25+,26-/m1/s1. The minimum atomic E-state index is -0.736. The molecule has 0 amide bonds. The molecule has 4 aliphatic carbocycles. The van der Waals surface area contributed by atoms with Gasteiger partial charge in [-0.15, -0.1) is 0 Å². The van der Waals surface area contributed by atoms with Gasteiger partial charge in [0.25, 0.3) is 0 Å². The van der Waals surface area contributed by atoms with E-state index in [1.54, 1.807) is 0 Å². The van der Waals surface area contributed by atoms with Crippen LogP contribution in [0.5, 0.6) is 0 Å². The number of hydrogen-bond acceptors (Lipinski definition) is 3. The van der Waals surface area contributed by atoms with Crippen molar-refractivity contribution in [2.75, 3.05) is 0 Å². The second-order valence-electron chi connectivity index (χ2n) is 12.7. The maximum atomic E-state index is 12.4. The molecule has 29 heavy (non-hydrogen) atoms. The average molecular weight is 403 g/mol. The van der Waals surface area contributed by atoms with Crippen LogP contribution in [-0.2, 0) is 9.47 Å². The van der Waals surface area contributed by atoms with E-state index >= 15 is 0 Å². The lowest BCUT2D eigenvalue weighted by Crippen LogP contribution is -2.62. The number of ether oxygens (including phenoxy) is 2. The highest BCUT2D eigenvalue weighted by atomic mass is 16.6. The number of fused-ring (bicyclic) bond motifs is 3. The third-order valence-corrected chi connectivity index (χ3v) is 10.1. The quantitative estimate of drug-likeness (QED) is 0.465. The third kappa shape index (κ3) is 2.53.